The van der Waals surface area contributed by atoms with E-state index in [2.05, 4.69) is 27.4 Å². The van der Waals surface area contributed by atoms with Crippen LogP contribution in [-0.4, -0.2) is 48.5 Å². The second-order valence-electron chi connectivity index (χ2n) is 7.87. The van der Waals surface area contributed by atoms with Crippen LogP contribution in [0.4, 0.5) is 11.8 Å². The Morgan fingerprint density at radius 3 is 2.72 bits per heavy atom. The molecular weight excluding hydrogens is 366 g/mol. The fraction of sp³-hybridized carbons (Fsp3) is 0.455. The first-order chi connectivity index (χ1) is 14.1. The van der Waals surface area contributed by atoms with E-state index < -0.39 is 0 Å². The molecule has 1 aromatic carbocycles. The van der Waals surface area contributed by atoms with E-state index in [0.29, 0.717) is 49.4 Å². The summed E-state index contributed by atoms with van der Waals surface area (Å²) in [5.41, 5.74) is 1.55. The summed E-state index contributed by atoms with van der Waals surface area (Å²) in [6, 6.07) is 11.9. The maximum Gasteiger partial charge on any atom is 0.270 e. The highest BCUT2D eigenvalue weighted by Crippen LogP contribution is 2.28. The summed E-state index contributed by atoms with van der Waals surface area (Å²) in [6.07, 6.45) is 4.52. The molecule has 152 valence electrons. The summed E-state index contributed by atoms with van der Waals surface area (Å²) >= 11 is 0. The summed E-state index contributed by atoms with van der Waals surface area (Å²) in [5, 5.41) is 2.96. The van der Waals surface area contributed by atoms with E-state index in [4.69, 9.17) is 0 Å². The molecule has 2 heterocycles. The van der Waals surface area contributed by atoms with Crippen LogP contribution in [0.25, 0.3) is 0 Å². The largest absolute Gasteiger partial charge is 0.350 e. The molecule has 1 N–H and O–H groups in total. The van der Waals surface area contributed by atoms with Crippen LogP contribution in [0.2, 0.25) is 0 Å². The van der Waals surface area contributed by atoms with Gasteiger partial charge in [-0.1, -0.05) is 30.3 Å². The third-order valence-corrected chi connectivity index (χ3v) is 5.45. The highest BCUT2D eigenvalue weighted by Gasteiger charge is 2.26. The molecule has 1 aliphatic carbocycles. The second-order valence-corrected chi connectivity index (χ2v) is 7.87. The van der Waals surface area contributed by atoms with Crippen molar-refractivity contribution in [3.8, 4) is 0 Å². The average molecular weight is 393 g/mol. The SMILES string of the molecule is CN(CCc1ccccc1)c1nc(C(=O)NCC2CC2)cc(N2CCCC2=O)n1. The van der Waals surface area contributed by atoms with Crippen LogP contribution in [-0.2, 0) is 11.2 Å². The fourth-order valence-electron chi connectivity index (χ4n) is 3.43. The Morgan fingerprint density at radius 1 is 1.24 bits per heavy atom. The second kappa shape index (κ2) is 8.59. The van der Waals surface area contributed by atoms with Crippen molar-refractivity contribution in [3.05, 3.63) is 47.7 Å². The van der Waals surface area contributed by atoms with Crippen LogP contribution >= 0.6 is 0 Å². The van der Waals surface area contributed by atoms with Crippen molar-refractivity contribution in [1.29, 1.82) is 0 Å². The van der Waals surface area contributed by atoms with Gasteiger partial charge in [0.1, 0.15) is 11.5 Å². The number of carbonyl (C=O) groups excluding carboxylic acids is 2. The number of carbonyl (C=O) groups is 2. The summed E-state index contributed by atoms with van der Waals surface area (Å²) in [5.74, 6) is 1.42. The highest BCUT2D eigenvalue weighted by atomic mass is 16.2. The number of rotatable bonds is 8. The summed E-state index contributed by atoms with van der Waals surface area (Å²) in [6.45, 7) is 2.02. The average Bonchev–Trinajstić information content (AvgIpc) is 3.49. The van der Waals surface area contributed by atoms with Crippen LogP contribution < -0.4 is 15.1 Å². The van der Waals surface area contributed by atoms with E-state index in [9.17, 15) is 9.59 Å². The Labute approximate surface area is 171 Å². The van der Waals surface area contributed by atoms with Gasteiger partial charge in [-0.3, -0.25) is 14.5 Å². The smallest absolute Gasteiger partial charge is 0.270 e. The number of benzene rings is 1. The standard InChI is InChI=1S/C22H27N5O2/c1-26(13-11-16-6-3-2-4-7-16)22-24-18(21(29)23-15-17-9-10-17)14-19(25-22)27-12-5-8-20(27)28/h2-4,6-7,14,17H,5,8-13,15H2,1H3,(H,23,29). The van der Waals surface area contributed by atoms with E-state index in [0.717, 1.165) is 12.8 Å². The van der Waals surface area contributed by atoms with Crippen LogP contribution in [0.15, 0.2) is 36.4 Å². The van der Waals surface area contributed by atoms with Crippen LogP contribution in [0.3, 0.4) is 0 Å². The van der Waals surface area contributed by atoms with Gasteiger partial charge in [-0.25, -0.2) is 4.98 Å². The number of hydrogen-bond acceptors (Lipinski definition) is 5. The van der Waals surface area contributed by atoms with Crippen molar-refractivity contribution in [2.75, 3.05) is 36.5 Å². The molecule has 1 aliphatic heterocycles. The maximum atomic E-state index is 12.7. The molecule has 2 aliphatic rings. The topological polar surface area (TPSA) is 78.4 Å². The lowest BCUT2D eigenvalue weighted by atomic mass is 10.1. The lowest BCUT2D eigenvalue weighted by molar-refractivity contribution is -0.117. The zero-order valence-electron chi connectivity index (χ0n) is 16.8. The third kappa shape index (κ3) is 4.91. The molecular formula is C22H27N5O2. The van der Waals surface area contributed by atoms with Gasteiger partial charge in [0.2, 0.25) is 11.9 Å². The van der Waals surface area contributed by atoms with Crippen molar-refractivity contribution >= 4 is 23.6 Å². The summed E-state index contributed by atoms with van der Waals surface area (Å²) in [7, 11) is 1.92. The van der Waals surface area contributed by atoms with Gasteiger partial charge in [-0.05, 0) is 37.2 Å². The monoisotopic (exact) mass is 393 g/mol. The predicted molar refractivity (Wildman–Crippen MR) is 112 cm³/mol. The van der Waals surface area contributed by atoms with Crippen molar-refractivity contribution in [3.63, 3.8) is 0 Å². The Hall–Kier alpha value is -2.96. The predicted octanol–water partition coefficient (Wildman–Crippen LogP) is 2.42. The molecule has 7 heteroatoms. The number of anilines is 2. The maximum absolute atomic E-state index is 12.7. The number of amides is 2. The molecule has 0 bridgehead atoms. The van der Waals surface area contributed by atoms with Crippen LogP contribution in [0, 0.1) is 5.92 Å². The van der Waals surface area contributed by atoms with Gasteiger partial charge in [0.15, 0.2) is 0 Å². The minimum absolute atomic E-state index is 0.0472. The van der Waals surface area contributed by atoms with E-state index in [1.807, 2.05) is 30.1 Å². The third-order valence-electron chi connectivity index (χ3n) is 5.45. The number of nitrogens with one attached hydrogen (secondary N) is 1. The van der Waals surface area contributed by atoms with E-state index in [1.165, 1.54) is 18.4 Å². The Morgan fingerprint density at radius 2 is 2.03 bits per heavy atom. The zero-order valence-corrected chi connectivity index (χ0v) is 16.8. The van der Waals surface area contributed by atoms with Gasteiger partial charge >= 0.3 is 0 Å². The van der Waals surface area contributed by atoms with Gasteiger partial charge < -0.3 is 10.2 Å². The highest BCUT2D eigenvalue weighted by molar-refractivity contribution is 5.97. The van der Waals surface area contributed by atoms with Gasteiger partial charge in [0.25, 0.3) is 5.91 Å². The normalized spacial score (nSPS) is 16.2. The molecule has 0 atom stereocenters. The number of nitrogens with zero attached hydrogens (tertiary/aromatic N) is 4. The minimum atomic E-state index is -0.204. The zero-order chi connectivity index (χ0) is 20.2. The Kier molecular flexibility index (Phi) is 5.74. The molecule has 1 saturated carbocycles. The minimum Gasteiger partial charge on any atom is -0.350 e. The molecule has 0 spiro atoms. The van der Waals surface area contributed by atoms with Crippen molar-refractivity contribution in [1.82, 2.24) is 15.3 Å². The quantitative estimate of drug-likeness (QED) is 0.745. The number of aromatic nitrogens is 2. The molecule has 2 fully saturated rings. The number of hydrogen-bond donors (Lipinski definition) is 1. The molecule has 1 saturated heterocycles. The Balaban J connectivity index is 1.54. The molecule has 2 aromatic rings. The number of likely N-dealkylation sites (N-methyl/N-ethyl adjacent to an activating group) is 1. The van der Waals surface area contributed by atoms with Crippen molar-refractivity contribution in [2.24, 2.45) is 5.92 Å². The van der Waals surface area contributed by atoms with E-state index in [-0.39, 0.29) is 11.8 Å². The fourth-order valence-corrected chi connectivity index (χ4v) is 3.43. The van der Waals surface area contributed by atoms with E-state index in [1.54, 1.807) is 11.0 Å². The molecule has 2 amide bonds. The molecule has 1 aromatic heterocycles. The van der Waals surface area contributed by atoms with Gasteiger partial charge in [0.05, 0.1) is 0 Å². The van der Waals surface area contributed by atoms with Gasteiger partial charge in [-0.15, -0.1) is 0 Å². The molecule has 4 rings (SSSR count). The molecule has 7 nitrogen and oxygen atoms in total. The van der Waals surface area contributed by atoms with Gasteiger partial charge in [0, 0.05) is 39.2 Å². The summed E-state index contributed by atoms with van der Waals surface area (Å²) in [4.78, 5) is 37.6. The van der Waals surface area contributed by atoms with E-state index >= 15 is 0 Å². The molecule has 29 heavy (non-hydrogen) atoms. The Bertz CT molecular complexity index is 882. The lowest BCUT2D eigenvalue weighted by Gasteiger charge is -2.21. The first-order valence-electron chi connectivity index (χ1n) is 10.3. The summed E-state index contributed by atoms with van der Waals surface area (Å²) < 4.78 is 0. The first-order valence-corrected chi connectivity index (χ1v) is 10.3. The van der Waals surface area contributed by atoms with Crippen molar-refractivity contribution in [2.45, 2.75) is 32.1 Å². The molecule has 0 radical (unpaired) electrons. The lowest BCUT2D eigenvalue weighted by Crippen LogP contribution is -2.31. The van der Waals surface area contributed by atoms with Crippen LogP contribution in [0.1, 0.15) is 41.7 Å². The van der Waals surface area contributed by atoms with Crippen LogP contribution in [0.5, 0.6) is 0 Å². The van der Waals surface area contributed by atoms with Crippen molar-refractivity contribution < 1.29 is 9.59 Å². The van der Waals surface area contributed by atoms with Gasteiger partial charge in [-0.2, -0.15) is 4.98 Å². The molecule has 0 unspecified atom stereocenters. The first kappa shape index (κ1) is 19.4.